The third-order valence-corrected chi connectivity index (χ3v) is 13.4. The zero-order valence-corrected chi connectivity index (χ0v) is 22.0. The van der Waals surface area contributed by atoms with Gasteiger partial charge in [-0.3, -0.25) is 4.79 Å². The number of hydrogen-bond donors (Lipinski definition) is 1. The summed E-state index contributed by atoms with van der Waals surface area (Å²) in [6, 6.07) is 0. The van der Waals surface area contributed by atoms with Gasteiger partial charge in [-0.2, -0.15) is 0 Å². The molecule has 5 saturated carbocycles. The van der Waals surface area contributed by atoms with Gasteiger partial charge in [-0.15, -0.1) is 0 Å². The Morgan fingerprint density at radius 3 is 2.34 bits per heavy atom. The van der Waals surface area contributed by atoms with E-state index in [1.807, 2.05) is 0 Å². The Morgan fingerprint density at radius 1 is 0.938 bits per heavy atom. The number of rotatable bonds is 5. The highest BCUT2D eigenvalue weighted by molar-refractivity contribution is 5.86. The first-order valence-electron chi connectivity index (χ1n) is 14.1. The molecule has 2 heteroatoms. The van der Waals surface area contributed by atoms with Gasteiger partial charge in [-0.25, -0.2) is 0 Å². The summed E-state index contributed by atoms with van der Waals surface area (Å²) in [6.45, 7) is 17.1. The molecule has 5 aliphatic rings. The van der Waals surface area contributed by atoms with Crippen LogP contribution in [-0.4, -0.2) is 17.0 Å². The van der Waals surface area contributed by atoms with Crippen molar-refractivity contribution in [1.82, 2.24) is 0 Å². The Balaban J connectivity index is 1.41. The molecular formula is C30H50O2. The maximum atomic E-state index is 13.9. The average Bonchev–Trinajstić information content (AvgIpc) is 3.30. The number of carbonyl (C=O) groups is 1. The zero-order valence-electron chi connectivity index (χ0n) is 22.0. The third-order valence-electron chi connectivity index (χ3n) is 13.4. The van der Waals surface area contributed by atoms with Crippen LogP contribution in [0.5, 0.6) is 0 Å². The Kier molecular flexibility index (Phi) is 5.34. The van der Waals surface area contributed by atoms with Crippen LogP contribution >= 0.6 is 0 Å². The van der Waals surface area contributed by atoms with E-state index >= 15 is 0 Å². The Morgan fingerprint density at radius 2 is 1.66 bits per heavy atom. The van der Waals surface area contributed by atoms with Crippen molar-refractivity contribution in [3.8, 4) is 0 Å². The highest BCUT2D eigenvalue weighted by Crippen LogP contribution is 2.87. The molecule has 2 nitrogen and oxygen atoms in total. The van der Waals surface area contributed by atoms with Crippen LogP contribution in [0.15, 0.2) is 0 Å². The summed E-state index contributed by atoms with van der Waals surface area (Å²) in [5.74, 6) is 4.73. The van der Waals surface area contributed by atoms with Gasteiger partial charge in [0.2, 0.25) is 0 Å². The molecule has 5 aliphatic carbocycles. The minimum Gasteiger partial charge on any atom is -0.393 e. The molecular weight excluding hydrogens is 392 g/mol. The van der Waals surface area contributed by atoms with E-state index in [0.29, 0.717) is 34.4 Å². The second-order valence-electron chi connectivity index (χ2n) is 14.4. The monoisotopic (exact) mass is 442 g/mol. The molecule has 11 atom stereocenters. The second kappa shape index (κ2) is 7.32. The van der Waals surface area contributed by atoms with Gasteiger partial charge in [0.05, 0.1) is 6.10 Å². The SMILES string of the molecule is CC(C)C(C)CCC(C)C1CCC2(C)C3C(=O)CC4C(C)C(O)CCC45CC35CCC12C. The zero-order chi connectivity index (χ0) is 23.3. The van der Waals surface area contributed by atoms with Crippen LogP contribution in [0, 0.1) is 63.1 Å². The second-order valence-corrected chi connectivity index (χ2v) is 14.4. The van der Waals surface area contributed by atoms with E-state index in [0.717, 1.165) is 36.5 Å². The fourth-order valence-corrected chi connectivity index (χ4v) is 10.7. The Labute approximate surface area is 197 Å². The molecule has 5 rings (SSSR count). The van der Waals surface area contributed by atoms with E-state index in [2.05, 4.69) is 48.5 Å². The fourth-order valence-electron chi connectivity index (χ4n) is 10.7. The molecule has 0 saturated heterocycles. The van der Waals surface area contributed by atoms with Gasteiger partial charge in [0, 0.05) is 12.3 Å². The Bertz CT molecular complexity index is 773. The van der Waals surface area contributed by atoms with Gasteiger partial charge in [-0.1, -0.05) is 61.3 Å². The molecule has 0 aliphatic heterocycles. The lowest BCUT2D eigenvalue weighted by molar-refractivity contribution is -0.166. The molecule has 32 heavy (non-hydrogen) atoms. The maximum absolute atomic E-state index is 13.9. The van der Waals surface area contributed by atoms with Crippen molar-refractivity contribution in [1.29, 1.82) is 0 Å². The summed E-state index contributed by atoms with van der Waals surface area (Å²) in [7, 11) is 0. The number of ketones is 1. The molecule has 0 aromatic heterocycles. The van der Waals surface area contributed by atoms with E-state index in [9.17, 15) is 9.90 Å². The van der Waals surface area contributed by atoms with Gasteiger partial charge >= 0.3 is 0 Å². The molecule has 0 radical (unpaired) electrons. The topological polar surface area (TPSA) is 37.3 Å². The van der Waals surface area contributed by atoms with Gasteiger partial charge in [0.25, 0.3) is 0 Å². The van der Waals surface area contributed by atoms with E-state index in [4.69, 9.17) is 0 Å². The summed E-state index contributed by atoms with van der Waals surface area (Å²) in [4.78, 5) is 13.9. The predicted molar refractivity (Wildman–Crippen MR) is 131 cm³/mol. The van der Waals surface area contributed by atoms with Gasteiger partial charge in [-0.05, 0) is 102 Å². The summed E-state index contributed by atoms with van der Waals surface area (Å²) in [5, 5.41) is 10.6. The molecule has 5 fully saturated rings. The first-order valence-corrected chi connectivity index (χ1v) is 14.1. The minimum atomic E-state index is -0.193. The van der Waals surface area contributed by atoms with Crippen molar-refractivity contribution in [2.24, 2.45) is 63.1 Å². The molecule has 0 amide bonds. The molecule has 0 aromatic rings. The number of aliphatic hydroxyl groups is 1. The lowest BCUT2D eigenvalue weighted by Crippen LogP contribution is -2.59. The van der Waals surface area contributed by atoms with E-state index in [1.54, 1.807) is 0 Å². The number of carbonyl (C=O) groups excluding carboxylic acids is 1. The molecule has 182 valence electrons. The lowest BCUT2D eigenvalue weighted by atomic mass is 9.42. The van der Waals surface area contributed by atoms with Crippen molar-refractivity contribution in [2.75, 3.05) is 0 Å². The molecule has 0 heterocycles. The first kappa shape index (κ1) is 23.4. The maximum Gasteiger partial charge on any atom is 0.137 e. The normalized spacial score (nSPS) is 53.8. The van der Waals surface area contributed by atoms with Crippen LogP contribution in [0.3, 0.4) is 0 Å². The summed E-state index contributed by atoms with van der Waals surface area (Å²) < 4.78 is 0. The molecule has 2 spiro atoms. The van der Waals surface area contributed by atoms with Crippen LogP contribution < -0.4 is 0 Å². The van der Waals surface area contributed by atoms with E-state index in [1.165, 1.54) is 51.4 Å². The van der Waals surface area contributed by atoms with Crippen molar-refractivity contribution in [3.05, 3.63) is 0 Å². The predicted octanol–water partition coefficient (Wildman–Crippen LogP) is 7.28. The number of Topliss-reactive ketones (excluding diaryl/α,β-unsaturated/α-hetero) is 1. The minimum absolute atomic E-state index is 0.179. The van der Waals surface area contributed by atoms with Gasteiger partial charge in [0.15, 0.2) is 0 Å². The van der Waals surface area contributed by atoms with Crippen LogP contribution in [0.2, 0.25) is 0 Å². The van der Waals surface area contributed by atoms with Crippen molar-refractivity contribution >= 4 is 5.78 Å². The smallest absolute Gasteiger partial charge is 0.137 e. The molecule has 0 bridgehead atoms. The van der Waals surface area contributed by atoms with Crippen LogP contribution in [0.1, 0.15) is 113 Å². The fraction of sp³-hybridized carbons (Fsp3) is 0.967. The first-order chi connectivity index (χ1) is 14.9. The number of hydrogen-bond acceptors (Lipinski definition) is 2. The van der Waals surface area contributed by atoms with Crippen LogP contribution in [0.4, 0.5) is 0 Å². The molecule has 11 unspecified atom stereocenters. The standard InChI is InChI=1S/C30H50O2/c1-18(2)19(3)8-9-20(4)22-10-12-28(7)26-25(32)16-23-21(5)24(31)11-13-29(23)17-30(26,29)15-14-27(22,28)6/h18-24,26,31H,8-17H2,1-7H3. The van der Waals surface area contributed by atoms with Crippen LogP contribution in [0.25, 0.3) is 0 Å². The van der Waals surface area contributed by atoms with Crippen molar-refractivity contribution in [3.63, 3.8) is 0 Å². The van der Waals surface area contributed by atoms with Gasteiger partial charge in [0.1, 0.15) is 5.78 Å². The number of aliphatic hydroxyl groups excluding tert-OH is 1. The lowest BCUT2D eigenvalue weighted by Gasteiger charge is -2.61. The highest BCUT2D eigenvalue weighted by Gasteiger charge is 2.83. The van der Waals surface area contributed by atoms with Crippen molar-refractivity contribution < 1.29 is 9.90 Å². The molecule has 0 aromatic carbocycles. The van der Waals surface area contributed by atoms with E-state index in [-0.39, 0.29) is 16.9 Å². The molecule has 1 N–H and O–H groups in total. The van der Waals surface area contributed by atoms with E-state index < -0.39 is 0 Å². The largest absolute Gasteiger partial charge is 0.393 e. The Hall–Kier alpha value is -0.370. The van der Waals surface area contributed by atoms with Gasteiger partial charge < -0.3 is 5.11 Å². The third kappa shape index (κ3) is 2.77. The quantitative estimate of drug-likeness (QED) is 0.485. The summed E-state index contributed by atoms with van der Waals surface area (Å²) in [5.41, 5.74) is 1.15. The van der Waals surface area contributed by atoms with Crippen LogP contribution in [-0.2, 0) is 4.79 Å². The van der Waals surface area contributed by atoms with Crippen molar-refractivity contribution in [2.45, 2.75) is 119 Å². The average molecular weight is 443 g/mol. The summed E-state index contributed by atoms with van der Waals surface area (Å²) in [6.07, 6.45) is 11.9. The summed E-state index contributed by atoms with van der Waals surface area (Å²) >= 11 is 0. The number of fused-ring (bicyclic) bond motifs is 2. The highest BCUT2D eigenvalue weighted by atomic mass is 16.3.